The highest BCUT2D eigenvalue weighted by molar-refractivity contribution is 5.82. The fraction of sp³-hybridized carbons (Fsp3) is 0.786. The Morgan fingerprint density at radius 3 is 2.32 bits per heavy atom. The summed E-state index contributed by atoms with van der Waals surface area (Å²) in [5.74, 6) is -1.47. The Morgan fingerprint density at radius 2 is 1.77 bits per heavy atom. The lowest BCUT2D eigenvalue weighted by Gasteiger charge is -2.27. The van der Waals surface area contributed by atoms with Gasteiger partial charge in [0, 0.05) is 31.3 Å². The van der Waals surface area contributed by atoms with Crippen LogP contribution in [-0.2, 0) is 14.4 Å². The molecular weight excluding hydrogens is 295 g/mol. The predicted molar refractivity (Wildman–Crippen MR) is 77.7 cm³/mol. The molecule has 0 saturated carbocycles. The molecule has 0 aliphatic heterocycles. The molecule has 0 aliphatic rings. The fourth-order valence-corrected chi connectivity index (χ4v) is 1.51. The first-order valence-electron chi connectivity index (χ1n) is 7.15. The van der Waals surface area contributed by atoms with Crippen LogP contribution in [0.25, 0.3) is 0 Å². The molecular formula is C14H25FN2O5. The van der Waals surface area contributed by atoms with E-state index >= 15 is 0 Å². The third-order valence-electron chi connectivity index (χ3n) is 3.15. The molecule has 128 valence electrons. The summed E-state index contributed by atoms with van der Waals surface area (Å²) in [6, 6.07) is 0. The zero-order valence-corrected chi connectivity index (χ0v) is 13.0. The Kier molecular flexibility index (Phi) is 9.51. The van der Waals surface area contributed by atoms with E-state index in [0.29, 0.717) is 6.42 Å². The number of hydrogen-bond donors (Lipinski definition) is 4. The lowest BCUT2D eigenvalue weighted by molar-refractivity contribution is -0.137. The van der Waals surface area contributed by atoms with Crippen molar-refractivity contribution >= 4 is 17.6 Å². The van der Waals surface area contributed by atoms with E-state index in [4.69, 9.17) is 5.11 Å². The van der Waals surface area contributed by atoms with Crippen LogP contribution in [0.4, 0.5) is 4.39 Å². The van der Waals surface area contributed by atoms with Gasteiger partial charge in [0.05, 0.1) is 6.61 Å². The second-order valence-corrected chi connectivity index (χ2v) is 5.72. The number of alkyl halides is 1. The van der Waals surface area contributed by atoms with Crippen LogP contribution in [0.5, 0.6) is 0 Å². The van der Waals surface area contributed by atoms with E-state index in [9.17, 15) is 23.9 Å². The summed E-state index contributed by atoms with van der Waals surface area (Å²) in [6.45, 7) is 2.06. The fourth-order valence-electron chi connectivity index (χ4n) is 1.51. The number of halogens is 1. The van der Waals surface area contributed by atoms with Crippen LogP contribution >= 0.6 is 0 Å². The summed E-state index contributed by atoms with van der Waals surface area (Å²) >= 11 is 0. The van der Waals surface area contributed by atoms with Crippen molar-refractivity contribution in [2.75, 3.05) is 26.4 Å². The maximum Gasteiger partial charge on any atom is 0.249 e. The molecule has 0 aromatic rings. The summed E-state index contributed by atoms with van der Waals surface area (Å²) < 4.78 is 11.9. The topological polar surface area (TPSA) is 116 Å². The molecule has 2 amide bonds. The molecule has 0 aromatic carbocycles. The predicted octanol–water partition coefficient (Wildman–Crippen LogP) is -0.693. The highest BCUT2D eigenvalue weighted by atomic mass is 19.1. The molecule has 1 atom stereocenters. The maximum absolute atomic E-state index is 11.9. The largest absolute Gasteiger partial charge is 0.396 e. The van der Waals surface area contributed by atoms with E-state index in [-0.39, 0.29) is 38.4 Å². The average molecular weight is 320 g/mol. The summed E-state index contributed by atoms with van der Waals surface area (Å²) in [7, 11) is 0. The van der Waals surface area contributed by atoms with Gasteiger partial charge >= 0.3 is 0 Å². The van der Waals surface area contributed by atoms with Crippen LogP contribution in [-0.4, -0.2) is 60.3 Å². The lowest BCUT2D eigenvalue weighted by atomic mass is 9.87. The molecule has 0 spiro atoms. The Morgan fingerprint density at radius 1 is 1.14 bits per heavy atom. The van der Waals surface area contributed by atoms with Gasteiger partial charge in [-0.05, 0) is 6.42 Å². The van der Waals surface area contributed by atoms with Crippen LogP contribution < -0.4 is 10.6 Å². The highest BCUT2D eigenvalue weighted by Gasteiger charge is 2.32. The van der Waals surface area contributed by atoms with Gasteiger partial charge in [0.1, 0.15) is 12.8 Å². The molecule has 0 unspecified atom stereocenters. The third-order valence-corrected chi connectivity index (χ3v) is 3.15. The Labute approximate surface area is 129 Å². The van der Waals surface area contributed by atoms with Crippen molar-refractivity contribution in [3.05, 3.63) is 0 Å². The molecule has 0 saturated heterocycles. The molecule has 4 N–H and O–H groups in total. The first-order chi connectivity index (χ1) is 10.2. The van der Waals surface area contributed by atoms with Gasteiger partial charge in [-0.3, -0.25) is 14.4 Å². The Balaban J connectivity index is 3.84. The molecule has 0 radical (unpaired) electrons. The smallest absolute Gasteiger partial charge is 0.249 e. The number of nitrogens with one attached hydrogen (secondary N) is 2. The van der Waals surface area contributed by atoms with Crippen LogP contribution in [0.2, 0.25) is 0 Å². The van der Waals surface area contributed by atoms with Gasteiger partial charge < -0.3 is 20.8 Å². The van der Waals surface area contributed by atoms with Gasteiger partial charge in [-0.1, -0.05) is 13.8 Å². The molecule has 22 heavy (non-hydrogen) atoms. The number of Topliss-reactive ketones (excluding diaryl/α,β-unsaturated/α-hetero) is 1. The SMILES string of the molecule is CC(C)(CO)[C@@H](O)C(=O)NCCC(=O)NCCCC(=O)CF. The van der Waals surface area contributed by atoms with Crippen LogP contribution in [0.1, 0.15) is 33.1 Å². The second kappa shape index (κ2) is 10.2. The summed E-state index contributed by atoms with van der Waals surface area (Å²) in [5, 5.41) is 23.7. The molecule has 0 heterocycles. The summed E-state index contributed by atoms with van der Waals surface area (Å²) in [4.78, 5) is 33.8. The van der Waals surface area contributed by atoms with Crippen molar-refractivity contribution in [1.29, 1.82) is 0 Å². The zero-order chi connectivity index (χ0) is 17.2. The average Bonchev–Trinajstić information content (AvgIpc) is 2.50. The van der Waals surface area contributed by atoms with E-state index in [1.807, 2.05) is 0 Å². The minimum Gasteiger partial charge on any atom is -0.396 e. The van der Waals surface area contributed by atoms with E-state index < -0.39 is 29.9 Å². The number of carbonyl (C=O) groups excluding carboxylic acids is 3. The van der Waals surface area contributed by atoms with Gasteiger partial charge in [-0.15, -0.1) is 0 Å². The van der Waals surface area contributed by atoms with Gasteiger partial charge in [0.2, 0.25) is 11.8 Å². The van der Waals surface area contributed by atoms with Crippen molar-refractivity contribution in [2.24, 2.45) is 5.41 Å². The number of amides is 2. The van der Waals surface area contributed by atoms with Crippen molar-refractivity contribution in [1.82, 2.24) is 10.6 Å². The molecule has 0 aliphatic carbocycles. The van der Waals surface area contributed by atoms with Gasteiger partial charge in [0.15, 0.2) is 5.78 Å². The lowest BCUT2D eigenvalue weighted by Crippen LogP contribution is -2.46. The summed E-state index contributed by atoms with van der Waals surface area (Å²) in [6.07, 6.45) is -0.901. The van der Waals surface area contributed by atoms with E-state index in [2.05, 4.69) is 10.6 Å². The van der Waals surface area contributed by atoms with Crippen molar-refractivity contribution < 1.29 is 29.0 Å². The number of ketones is 1. The molecule has 8 heteroatoms. The number of aliphatic hydroxyl groups excluding tert-OH is 2. The molecule has 0 aromatic heterocycles. The number of rotatable bonds is 11. The second-order valence-electron chi connectivity index (χ2n) is 5.72. The normalized spacial score (nSPS) is 12.6. The third kappa shape index (κ3) is 8.04. The number of aliphatic hydroxyl groups is 2. The van der Waals surface area contributed by atoms with Crippen LogP contribution in [0.15, 0.2) is 0 Å². The number of hydrogen-bond acceptors (Lipinski definition) is 5. The number of carbonyl (C=O) groups is 3. The zero-order valence-electron chi connectivity index (χ0n) is 13.0. The summed E-state index contributed by atoms with van der Waals surface area (Å²) in [5.41, 5.74) is -0.963. The van der Waals surface area contributed by atoms with E-state index in [1.165, 1.54) is 0 Å². The van der Waals surface area contributed by atoms with Gasteiger partial charge in [-0.2, -0.15) is 0 Å². The highest BCUT2D eigenvalue weighted by Crippen LogP contribution is 2.19. The van der Waals surface area contributed by atoms with Gasteiger partial charge in [-0.25, -0.2) is 4.39 Å². The van der Waals surface area contributed by atoms with E-state index in [0.717, 1.165) is 0 Å². The van der Waals surface area contributed by atoms with Crippen molar-refractivity contribution in [2.45, 2.75) is 39.2 Å². The molecule has 7 nitrogen and oxygen atoms in total. The molecule has 0 bridgehead atoms. The maximum atomic E-state index is 11.9. The molecule has 0 fully saturated rings. The van der Waals surface area contributed by atoms with Crippen molar-refractivity contribution in [3.8, 4) is 0 Å². The standard InChI is InChI=1S/C14H25FN2O5/c1-14(2,9-18)12(21)13(22)17-7-5-11(20)16-6-3-4-10(19)8-15/h12,18,21H,3-9H2,1-2H3,(H,16,20)(H,17,22)/t12-/m0/s1. The monoisotopic (exact) mass is 320 g/mol. The first-order valence-corrected chi connectivity index (χ1v) is 7.15. The molecule has 0 rings (SSSR count). The van der Waals surface area contributed by atoms with Gasteiger partial charge in [0.25, 0.3) is 0 Å². The Hall–Kier alpha value is -1.54. The van der Waals surface area contributed by atoms with Crippen LogP contribution in [0.3, 0.4) is 0 Å². The minimum atomic E-state index is -1.37. The van der Waals surface area contributed by atoms with E-state index in [1.54, 1.807) is 13.8 Å². The first kappa shape index (κ1) is 20.5. The van der Waals surface area contributed by atoms with Crippen LogP contribution in [0, 0.1) is 5.41 Å². The Bertz CT molecular complexity index is 387. The van der Waals surface area contributed by atoms with Crippen molar-refractivity contribution in [3.63, 3.8) is 0 Å². The quantitative estimate of drug-likeness (QED) is 0.376. The minimum absolute atomic E-state index is 0.0229.